The first-order valence-electron chi connectivity index (χ1n) is 18.1. The zero-order valence-corrected chi connectivity index (χ0v) is 39.9. The maximum atomic E-state index is 12.4. The lowest BCUT2D eigenvalue weighted by molar-refractivity contribution is -0.348. The molecule has 0 saturated carbocycles. The second kappa shape index (κ2) is 18.4. The molecular weight excluding hydrogens is 761 g/mol. The maximum Gasteiger partial charge on any atom is 0.305 e. The minimum Gasteiger partial charge on any atom is -0.463 e. The smallest absolute Gasteiger partial charge is 0.305 e. The number of carbonyl (C=O) groups is 3. The molecule has 0 aromatic heterocycles. The highest BCUT2D eigenvalue weighted by Crippen LogP contribution is 2.39. The largest absolute Gasteiger partial charge is 0.463 e. The van der Waals surface area contributed by atoms with Crippen LogP contribution in [0.25, 0.3) is 0 Å². The van der Waals surface area contributed by atoms with E-state index in [9.17, 15) is 14.4 Å². The molecule has 0 radical (unpaired) electrons. The van der Waals surface area contributed by atoms with E-state index in [1.165, 1.54) is 20.8 Å². The van der Waals surface area contributed by atoms with Gasteiger partial charge < -0.3 is 50.6 Å². The van der Waals surface area contributed by atoms with Crippen LogP contribution in [0, 0.1) is 0 Å². The summed E-state index contributed by atoms with van der Waals surface area (Å²) in [4.78, 5) is 36.7. The van der Waals surface area contributed by atoms with Gasteiger partial charge in [0, 0.05) is 20.8 Å². The highest BCUT2D eigenvalue weighted by atomic mass is 28.4. The molecule has 19 heteroatoms. The van der Waals surface area contributed by atoms with Crippen molar-refractivity contribution < 1.29 is 64.9 Å². The molecule has 52 heavy (non-hydrogen) atoms. The molecule has 2 rings (SSSR count). The quantitative estimate of drug-likeness (QED) is 0.101. The van der Waals surface area contributed by atoms with Crippen molar-refractivity contribution in [2.24, 2.45) is 0 Å². The molecule has 304 valence electrons. The summed E-state index contributed by atoms with van der Waals surface area (Å²) in [6, 6.07) is 0. The summed E-state index contributed by atoms with van der Waals surface area (Å²) in [6.07, 6.45) is -8.90. The van der Waals surface area contributed by atoms with E-state index in [0.29, 0.717) is 0 Å². The number of rotatable bonds is 17. The van der Waals surface area contributed by atoms with Gasteiger partial charge in [0.05, 0.1) is 0 Å². The first-order chi connectivity index (χ1) is 23.3. The fourth-order valence-electron chi connectivity index (χ4n) is 5.81. The van der Waals surface area contributed by atoms with Crippen LogP contribution in [0.2, 0.25) is 98.2 Å². The molecule has 2 heterocycles. The Bertz CT molecular complexity index is 1190. The lowest BCUT2D eigenvalue weighted by atomic mass is 9.97. The van der Waals surface area contributed by atoms with Gasteiger partial charge in [-0.1, -0.05) is 0 Å². The van der Waals surface area contributed by atoms with Crippen LogP contribution in [0.5, 0.6) is 0 Å². The third-order valence-corrected chi connectivity index (χ3v) is 12.0. The van der Waals surface area contributed by atoms with E-state index >= 15 is 0 Å². The second-order valence-corrected chi connectivity index (χ2v) is 40.7. The Morgan fingerprint density at radius 2 is 0.731 bits per heavy atom. The molecule has 0 amide bonds. The Labute approximate surface area is 317 Å². The van der Waals surface area contributed by atoms with Crippen molar-refractivity contribution >= 4 is 59.5 Å². The summed E-state index contributed by atoms with van der Waals surface area (Å²) in [6.45, 7) is 34.5. The zero-order chi connectivity index (χ0) is 40.2. The minimum atomic E-state index is -2.40. The van der Waals surface area contributed by atoms with Gasteiger partial charge in [0.1, 0.15) is 62.0 Å². The SMILES string of the molecule is CC(=O)OCC1O[C@@H](O[C@@H]2C(COC(C)=O)OC(OC(C)=O)[C@@H](O[Si](C)(C)C)C2O[Si](C)(C)C)C(O[Si](C)(C)C)C(O[Si](C)(C)C)[C@@H]1O[Si](C)(C)C. The van der Waals surface area contributed by atoms with E-state index in [-0.39, 0.29) is 13.2 Å². The molecule has 0 aromatic rings. The maximum absolute atomic E-state index is 12.4. The Morgan fingerprint density at radius 3 is 1.10 bits per heavy atom. The van der Waals surface area contributed by atoms with Crippen molar-refractivity contribution in [3.05, 3.63) is 0 Å². The van der Waals surface area contributed by atoms with Gasteiger partial charge in [-0.15, -0.1) is 0 Å². The molecule has 0 spiro atoms. The van der Waals surface area contributed by atoms with Gasteiger partial charge in [-0.25, -0.2) is 0 Å². The fourth-order valence-corrected chi connectivity index (χ4v) is 11.2. The average molecular weight is 829 g/mol. The lowest BCUT2D eigenvalue weighted by Gasteiger charge is -2.53. The van der Waals surface area contributed by atoms with Crippen molar-refractivity contribution in [3.63, 3.8) is 0 Å². The molecule has 6 unspecified atom stereocenters. The third-order valence-electron chi connectivity index (χ3n) is 7.11. The van der Waals surface area contributed by atoms with Gasteiger partial charge in [-0.3, -0.25) is 14.4 Å². The van der Waals surface area contributed by atoms with Crippen LogP contribution in [0.1, 0.15) is 20.8 Å². The second-order valence-electron chi connectivity index (χ2n) is 18.4. The van der Waals surface area contributed by atoms with Crippen molar-refractivity contribution in [2.75, 3.05) is 13.2 Å². The molecule has 2 aliphatic heterocycles. The van der Waals surface area contributed by atoms with Gasteiger partial charge in [0.15, 0.2) is 47.9 Å². The topological polar surface area (TPSA) is 153 Å². The van der Waals surface area contributed by atoms with E-state index in [4.69, 9.17) is 50.6 Å². The van der Waals surface area contributed by atoms with Crippen LogP contribution in [0.15, 0.2) is 0 Å². The van der Waals surface area contributed by atoms with Crippen LogP contribution in [0.3, 0.4) is 0 Å². The summed E-state index contributed by atoms with van der Waals surface area (Å²) >= 11 is 0. The van der Waals surface area contributed by atoms with E-state index in [0.717, 1.165) is 0 Å². The number of ether oxygens (including phenoxy) is 6. The normalized spacial score (nSPS) is 30.8. The highest BCUT2D eigenvalue weighted by molar-refractivity contribution is 6.71. The molecule has 0 N–H and O–H groups in total. The van der Waals surface area contributed by atoms with E-state index in [1.54, 1.807) is 0 Å². The summed E-state index contributed by atoms with van der Waals surface area (Å²) in [5.41, 5.74) is 0. The number of carbonyl (C=O) groups excluding carboxylic acids is 3. The van der Waals surface area contributed by atoms with Crippen LogP contribution in [-0.4, -0.2) is 134 Å². The standard InChI is InChI=1S/C33H68O14Si5/c1-21(34)37-19-24-26(28(44-49(7,8)9)30(46-51(13,14)15)32(40-24)39-23(3)36)42-33-31(47-52(16,17)18)29(45-50(10,11)12)27(43-48(4,5)6)25(41-33)20-38-22(2)35/h24-33H,19-20H2,1-18H3/t24?,25?,26-,27-,28?,29?,30+,31?,32?,33+/m1/s1. The van der Waals surface area contributed by atoms with Crippen molar-refractivity contribution in [3.8, 4) is 0 Å². The number of hydrogen-bond donors (Lipinski definition) is 0. The van der Waals surface area contributed by atoms with Crippen LogP contribution in [-0.2, 0) is 64.9 Å². The summed E-state index contributed by atoms with van der Waals surface area (Å²) in [5.74, 6) is -1.57. The Morgan fingerprint density at radius 1 is 0.423 bits per heavy atom. The molecule has 14 nitrogen and oxygen atoms in total. The summed E-state index contributed by atoms with van der Waals surface area (Å²) < 4.78 is 71.3. The average Bonchev–Trinajstić information content (AvgIpc) is 2.89. The predicted octanol–water partition coefficient (Wildman–Crippen LogP) is 5.61. The Kier molecular flexibility index (Phi) is 16.8. The molecule has 10 atom stereocenters. The fraction of sp³-hybridized carbons (Fsp3) is 0.909. The molecule has 0 aliphatic carbocycles. The monoisotopic (exact) mass is 828 g/mol. The van der Waals surface area contributed by atoms with Crippen molar-refractivity contribution in [1.82, 2.24) is 0 Å². The van der Waals surface area contributed by atoms with E-state index < -0.39 is 121 Å². The first kappa shape index (κ1) is 47.3. The Hall–Kier alpha value is -0.826. The lowest BCUT2D eigenvalue weighted by Crippen LogP contribution is -2.69. The summed E-state index contributed by atoms with van der Waals surface area (Å²) in [5, 5.41) is 0. The molecule has 0 aromatic carbocycles. The van der Waals surface area contributed by atoms with Gasteiger partial charge in [-0.05, 0) is 98.2 Å². The van der Waals surface area contributed by atoms with E-state index in [1.807, 2.05) is 39.3 Å². The van der Waals surface area contributed by atoms with Crippen molar-refractivity contribution in [1.29, 1.82) is 0 Å². The highest BCUT2D eigenvalue weighted by Gasteiger charge is 2.57. The first-order valence-corrected chi connectivity index (χ1v) is 35.2. The molecule has 2 fully saturated rings. The molecular formula is C33H68O14Si5. The molecule has 0 bridgehead atoms. The van der Waals surface area contributed by atoms with Gasteiger partial charge >= 0.3 is 17.9 Å². The van der Waals surface area contributed by atoms with Crippen LogP contribution < -0.4 is 0 Å². The minimum absolute atomic E-state index is 0.113. The Balaban J connectivity index is 2.87. The van der Waals surface area contributed by atoms with Crippen molar-refractivity contribution in [2.45, 2.75) is 180 Å². The van der Waals surface area contributed by atoms with Gasteiger partial charge in [0.2, 0.25) is 6.29 Å². The number of esters is 3. The predicted molar refractivity (Wildman–Crippen MR) is 208 cm³/mol. The number of hydrogen-bond acceptors (Lipinski definition) is 14. The van der Waals surface area contributed by atoms with Crippen LogP contribution in [0.4, 0.5) is 0 Å². The third kappa shape index (κ3) is 16.9. The van der Waals surface area contributed by atoms with Crippen LogP contribution >= 0.6 is 0 Å². The molecule has 2 aliphatic rings. The zero-order valence-electron chi connectivity index (χ0n) is 34.9. The molecule has 2 saturated heterocycles. The van der Waals surface area contributed by atoms with Gasteiger partial charge in [0.25, 0.3) is 0 Å². The van der Waals surface area contributed by atoms with E-state index in [2.05, 4.69) is 58.9 Å². The summed E-state index contributed by atoms with van der Waals surface area (Å²) in [7, 11) is -11.6. The van der Waals surface area contributed by atoms with Gasteiger partial charge in [-0.2, -0.15) is 0 Å².